The minimum atomic E-state index is -3.52. The van der Waals surface area contributed by atoms with Crippen LogP contribution in [0.3, 0.4) is 0 Å². The van der Waals surface area contributed by atoms with Crippen LogP contribution in [0.4, 0.5) is 5.69 Å². The number of rotatable bonds is 5. The van der Waals surface area contributed by atoms with Crippen LogP contribution in [0.15, 0.2) is 29.2 Å². The zero-order valence-electron chi connectivity index (χ0n) is 13.5. The maximum atomic E-state index is 12.3. The molecule has 2 N–H and O–H groups in total. The molecule has 1 aliphatic heterocycles. The molecule has 1 atom stereocenters. The minimum absolute atomic E-state index is 0.101. The molecule has 8 nitrogen and oxygen atoms in total. The normalized spacial score (nSPS) is 19.8. The van der Waals surface area contributed by atoms with E-state index < -0.39 is 26.0 Å². The molecule has 0 saturated carbocycles. The van der Waals surface area contributed by atoms with Crippen LogP contribution in [0.1, 0.15) is 12.8 Å². The third kappa shape index (κ3) is 4.53. The van der Waals surface area contributed by atoms with E-state index in [4.69, 9.17) is 0 Å². The van der Waals surface area contributed by atoms with Gasteiger partial charge in [0.2, 0.25) is 26.0 Å². The summed E-state index contributed by atoms with van der Waals surface area (Å²) in [5, 5.41) is 2.70. The Balaban J connectivity index is 2.04. The van der Waals surface area contributed by atoms with Gasteiger partial charge < -0.3 is 5.32 Å². The van der Waals surface area contributed by atoms with Gasteiger partial charge in [-0.2, -0.15) is 0 Å². The Kier molecular flexibility index (Phi) is 5.63. The number of sulfonamides is 2. The van der Waals surface area contributed by atoms with E-state index in [0.717, 1.165) is 6.26 Å². The van der Waals surface area contributed by atoms with Crippen LogP contribution in [-0.4, -0.2) is 53.4 Å². The van der Waals surface area contributed by atoms with Crippen molar-refractivity contribution in [2.75, 3.05) is 31.7 Å². The molecule has 1 aliphatic rings. The van der Waals surface area contributed by atoms with Gasteiger partial charge >= 0.3 is 0 Å². The van der Waals surface area contributed by atoms with Crippen LogP contribution < -0.4 is 10.0 Å². The number of nitrogens with zero attached hydrogens (tertiary/aromatic N) is 1. The predicted molar refractivity (Wildman–Crippen MR) is 90.5 cm³/mol. The zero-order chi connectivity index (χ0) is 18.0. The van der Waals surface area contributed by atoms with Crippen LogP contribution in [-0.2, 0) is 24.8 Å². The highest BCUT2D eigenvalue weighted by molar-refractivity contribution is 7.89. The van der Waals surface area contributed by atoms with Gasteiger partial charge in [-0.15, -0.1) is 0 Å². The van der Waals surface area contributed by atoms with Gasteiger partial charge in [0.1, 0.15) is 0 Å². The highest BCUT2D eigenvalue weighted by atomic mass is 32.2. The summed E-state index contributed by atoms with van der Waals surface area (Å²) in [7, 11) is -5.51. The van der Waals surface area contributed by atoms with E-state index in [1.54, 1.807) is 0 Å². The van der Waals surface area contributed by atoms with Gasteiger partial charge in [0.15, 0.2) is 0 Å². The lowest BCUT2D eigenvalue weighted by atomic mass is 9.99. The molecule has 10 heteroatoms. The number of amides is 1. The van der Waals surface area contributed by atoms with Crippen LogP contribution in [0, 0.1) is 5.92 Å². The summed E-state index contributed by atoms with van der Waals surface area (Å²) in [5.74, 6) is -0.693. The standard InChI is InChI=1S/C14H21N3O5S2/c1-15-24(21,22)13-7-5-12(6-8-13)16-14(18)11-4-3-9-17(10-11)23(2,19)20/h5-8,11,15H,3-4,9-10H2,1-2H3,(H,16,18)/t11-/m1/s1. The van der Waals surface area contributed by atoms with Crippen molar-refractivity contribution in [3.8, 4) is 0 Å². The van der Waals surface area contributed by atoms with E-state index in [9.17, 15) is 21.6 Å². The largest absolute Gasteiger partial charge is 0.326 e. The maximum Gasteiger partial charge on any atom is 0.240 e. The molecular weight excluding hydrogens is 354 g/mol. The summed E-state index contributed by atoms with van der Waals surface area (Å²) in [6.07, 6.45) is 2.38. The molecule has 0 aromatic heterocycles. The maximum absolute atomic E-state index is 12.3. The van der Waals surface area contributed by atoms with Crippen molar-refractivity contribution in [1.29, 1.82) is 0 Å². The van der Waals surface area contributed by atoms with Gasteiger partial charge in [-0.3, -0.25) is 4.79 Å². The summed E-state index contributed by atoms with van der Waals surface area (Å²) < 4.78 is 50.0. The molecule has 2 rings (SSSR count). The molecule has 1 amide bonds. The number of hydrogen-bond donors (Lipinski definition) is 2. The molecule has 1 fully saturated rings. The summed E-state index contributed by atoms with van der Waals surface area (Å²) in [6, 6.07) is 5.79. The van der Waals surface area contributed by atoms with E-state index in [2.05, 4.69) is 10.0 Å². The lowest BCUT2D eigenvalue weighted by Gasteiger charge is -2.30. The third-order valence-corrected chi connectivity index (χ3v) is 6.62. The summed E-state index contributed by atoms with van der Waals surface area (Å²) in [6.45, 7) is 0.593. The second-order valence-electron chi connectivity index (χ2n) is 5.68. The Morgan fingerprint density at radius 3 is 2.33 bits per heavy atom. The number of benzene rings is 1. The fourth-order valence-corrected chi connectivity index (χ4v) is 4.18. The number of carbonyl (C=O) groups excluding carboxylic acids is 1. The van der Waals surface area contributed by atoms with Gasteiger partial charge in [0.05, 0.1) is 17.1 Å². The van der Waals surface area contributed by atoms with E-state index in [0.29, 0.717) is 25.1 Å². The SMILES string of the molecule is CNS(=O)(=O)c1ccc(NC(=O)[C@@H]2CCCN(S(C)(=O)=O)C2)cc1. The monoisotopic (exact) mass is 375 g/mol. The first kappa shape index (κ1) is 18.8. The van der Waals surface area contributed by atoms with E-state index >= 15 is 0 Å². The highest BCUT2D eigenvalue weighted by Gasteiger charge is 2.30. The van der Waals surface area contributed by atoms with Gasteiger partial charge in [0, 0.05) is 18.8 Å². The third-order valence-electron chi connectivity index (χ3n) is 3.92. The van der Waals surface area contributed by atoms with E-state index in [-0.39, 0.29) is 17.3 Å². The molecule has 1 aromatic rings. The first-order chi connectivity index (χ1) is 11.1. The zero-order valence-corrected chi connectivity index (χ0v) is 15.2. The Morgan fingerprint density at radius 2 is 1.79 bits per heavy atom. The van der Waals surface area contributed by atoms with Crippen molar-refractivity contribution < 1.29 is 21.6 Å². The summed E-state index contributed by atoms with van der Waals surface area (Å²) in [5.41, 5.74) is 0.464. The van der Waals surface area contributed by atoms with Crippen molar-refractivity contribution in [1.82, 2.24) is 9.03 Å². The molecule has 134 valence electrons. The molecular formula is C14H21N3O5S2. The van der Waals surface area contributed by atoms with Crippen molar-refractivity contribution >= 4 is 31.6 Å². The lowest BCUT2D eigenvalue weighted by molar-refractivity contribution is -0.120. The van der Waals surface area contributed by atoms with Crippen LogP contribution >= 0.6 is 0 Å². The molecule has 0 spiro atoms. The molecule has 1 saturated heterocycles. The van der Waals surface area contributed by atoms with Crippen molar-refractivity contribution in [2.45, 2.75) is 17.7 Å². The highest BCUT2D eigenvalue weighted by Crippen LogP contribution is 2.21. The molecule has 24 heavy (non-hydrogen) atoms. The number of piperidine rings is 1. The Bertz CT molecular complexity index is 803. The molecule has 0 radical (unpaired) electrons. The molecule has 1 heterocycles. The number of hydrogen-bond acceptors (Lipinski definition) is 5. The van der Waals surface area contributed by atoms with Crippen LogP contribution in [0.25, 0.3) is 0 Å². The first-order valence-corrected chi connectivity index (χ1v) is 10.8. The summed E-state index contributed by atoms with van der Waals surface area (Å²) >= 11 is 0. The van der Waals surface area contributed by atoms with Crippen molar-refractivity contribution in [3.05, 3.63) is 24.3 Å². The van der Waals surface area contributed by atoms with Gasteiger partial charge in [-0.05, 0) is 44.2 Å². The topological polar surface area (TPSA) is 113 Å². The van der Waals surface area contributed by atoms with Crippen molar-refractivity contribution in [3.63, 3.8) is 0 Å². The lowest BCUT2D eigenvalue weighted by Crippen LogP contribution is -2.43. The second kappa shape index (κ2) is 7.18. The minimum Gasteiger partial charge on any atom is -0.326 e. The number of nitrogens with one attached hydrogen (secondary N) is 2. The Hall–Kier alpha value is -1.49. The first-order valence-electron chi connectivity index (χ1n) is 7.43. The van der Waals surface area contributed by atoms with Crippen LogP contribution in [0.2, 0.25) is 0 Å². The summed E-state index contributed by atoms with van der Waals surface area (Å²) in [4.78, 5) is 12.4. The van der Waals surface area contributed by atoms with Crippen molar-refractivity contribution in [2.24, 2.45) is 5.92 Å². The fourth-order valence-electron chi connectivity index (χ4n) is 2.54. The average Bonchev–Trinajstić information content (AvgIpc) is 2.54. The number of anilines is 1. The van der Waals surface area contributed by atoms with Gasteiger partial charge in [-0.1, -0.05) is 0 Å². The molecule has 0 bridgehead atoms. The quantitative estimate of drug-likeness (QED) is 0.764. The fraction of sp³-hybridized carbons (Fsp3) is 0.500. The average molecular weight is 375 g/mol. The van der Waals surface area contributed by atoms with E-state index in [1.807, 2.05) is 0 Å². The second-order valence-corrected chi connectivity index (χ2v) is 9.55. The van der Waals surface area contributed by atoms with Gasteiger partial charge in [0.25, 0.3) is 0 Å². The van der Waals surface area contributed by atoms with Gasteiger partial charge in [-0.25, -0.2) is 25.9 Å². The Labute approximate surface area is 142 Å². The Morgan fingerprint density at radius 1 is 1.17 bits per heavy atom. The molecule has 0 aliphatic carbocycles. The van der Waals surface area contributed by atoms with Crippen LogP contribution in [0.5, 0.6) is 0 Å². The smallest absolute Gasteiger partial charge is 0.240 e. The van der Waals surface area contributed by atoms with E-state index in [1.165, 1.54) is 35.6 Å². The molecule has 1 aromatic carbocycles. The number of carbonyl (C=O) groups is 1. The predicted octanol–water partition coefficient (Wildman–Crippen LogP) is 0.205. The molecule has 0 unspecified atom stereocenters.